The van der Waals surface area contributed by atoms with E-state index in [0.717, 1.165) is 0 Å². The molecule has 18 heavy (non-hydrogen) atoms. The molecule has 8 heteroatoms. The molecule has 0 aliphatic heterocycles. The molecule has 0 radical (unpaired) electrons. The standard InChI is InChI=1S/C10H13N5O3/c11-10-13-8-6(9(18)14-10)12-3-15(8)5-1-4(2-16)7(5)17/h3-5,7,16-17H,1-2H2,(H3,11,13,14,18). The second-order valence-electron chi connectivity index (χ2n) is 4.51. The Morgan fingerprint density at radius 2 is 2.39 bits per heavy atom. The van der Waals surface area contributed by atoms with Gasteiger partial charge in [0.15, 0.2) is 11.2 Å². The summed E-state index contributed by atoms with van der Waals surface area (Å²) in [5.41, 5.74) is 5.65. The van der Waals surface area contributed by atoms with Crippen molar-refractivity contribution < 1.29 is 10.2 Å². The van der Waals surface area contributed by atoms with E-state index < -0.39 is 11.7 Å². The van der Waals surface area contributed by atoms with Gasteiger partial charge in [-0.05, 0) is 6.42 Å². The molecule has 0 bridgehead atoms. The predicted molar refractivity (Wildman–Crippen MR) is 62.8 cm³/mol. The van der Waals surface area contributed by atoms with Crippen LogP contribution in [0.3, 0.4) is 0 Å². The number of aromatic nitrogens is 4. The molecule has 2 aromatic rings. The van der Waals surface area contributed by atoms with Gasteiger partial charge >= 0.3 is 0 Å². The summed E-state index contributed by atoms with van der Waals surface area (Å²) in [5.74, 6) is -0.117. The molecule has 1 saturated carbocycles. The molecule has 0 saturated heterocycles. The number of hydrogen-bond acceptors (Lipinski definition) is 6. The summed E-state index contributed by atoms with van der Waals surface area (Å²) in [7, 11) is 0. The van der Waals surface area contributed by atoms with Gasteiger partial charge in [-0.1, -0.05) is 0 Å². The molecule has 2 heterocycles. The summed E-state index contributed by atoms with van der Waals surface area (Å²) in [4.78, 5) is 22.0. The van der Waals surface area contributed by atoms with Crippen molar-refractivity contribution in [2.45, 2.75) is 18.6 Å². The number of anilines is 1. The van der Waals surface area contributed by atoms with E-state index in [0.29, 0.717) is 12.1 Å². The van der Waals surface area contributed by atoms with Crippen molar-refractivity contribution >= 4 is 17.1 Å². The lowest BCUT2D eigenvalue weighted by atomic mass is 9.77. The number of nitrogens with zero attached hydrogens (tertiary/aromatic N) is 3. The van der Waals surface area contributed by atoms with Gasteiger partial charge in [-0.25, -0.2) is 4.98 Å². The zero-order valence-electron chi connectivity index (χ0n) is 9.45. The summed E-state index contributed by atoms with van der Waals surface area (Å²) in [6, 6.07) is -0.221. The Morgan fingerprint density at radius 1 is 1.61 bits per heavy atom. The molecule has 1 fully saturated rings. The molecule has 5 N–H and O–H groups in total. The van der Waals surface area contributed by atoms with Crippen LogP contribution in [0.2, 0.25) is 0 Å². The zero-order valence-corrected chi connectivity index (χ0v) is 9.45. The topological polar surface area (TPSA) is 130 Å². The SMILES string of the molecule is Nc1nc2c(ncn2C2CC(CO)C2O)c(=O)[nH]1. The average Bonchev–Trinajstić information content (AvgIpc) is 2.72. The largest absolute Gasteiger partial charge is 0.396 e. The molecular formula is C10H13N5O3. The highest BCUT2D eigenvalue weighted by Gasteiger charge is 2.41. The monoisotopic (exact) mass is 251 g/mol. The first kappa shape index (κ1) is 11.2. The van der Waals surface area contributed by atoms with Crippen LogP contribution >= 0.6 is 0 Å². The molecule has 2 aromatic heterocycles. The van der Waals surface area contributed by atoms with Crippen LogP contribution in [0.1, 0.15) is 12.5 Å². The van der Waals surface area contributed by atoms with E-state index in [1.807, 2.05) is 0 Å². The van der Waals surface area contributed by atoms with E-state index in [1.54, 1.807) is 4.57 Å². The minimum Gasteiger partial charge on any atom is -0.396 e. The van der Waals surface area contributed by atoms with Gasteiger partial charge in [0, 0.05) is 12.5 Å². The molecule has 1 aliphatic rings. The Hall–Kier alpha value is -1.93. The lowest BCUT2D eigenvalue weighted by Gasteiger charge is -2.40. The van der Waals surface area contributed by atoms with Crippen LogP contribution in [0, 0.1) is 5.92 Å². The van der Waals surface area contributed by atoms with Crippen molar-refractivity contribution in [1.29, 1.82) is 0 Å². The number of fused-ring (bicyclic) bond motifs is 1. The molecule has 8 nitrogen and oxygen atoms in total. The Morgan fingerprint density at radius 3 is 3.06 bits per heavy atom. The maximum atomic E-state index is 11.6. The van der Waals surface area contributed by atoms with Crippen LogP contribution in [0.25, 0.3) is 11.2 Å². The second-order valence-corrected chi connectivity index (χ2v) is 4.51. The number of aliphatic hydroxyl groups excluding tert-OH is 2. The third kappa shape index (κ3) is 1.42. The van der Waals surface area contributed by atoms with E-state index >= 15 is 0 Å². The third-order valence-electron chi connectivity index (χ3n) is 3.46. The smallest absolute Gasteiger partial charge is 0.280 e. The lowest BCUT2D eigenvalue weighted by molar-refractivity contribution is -0.0550. The molecule has 3 rings (SSSR count). The molecule has 0 spiro atoms. The molecule has 0 amide bonds. The van der Waals surface area contributed by atoms with E-state index in [4.69, 9.17) is 10.8 Å². The summed E-state index contributed by atoms with van der Waals surface area (Å²) in [6.07, 6.45) is 1.43. The van der Waals surface area contributed by atoms with E-state index in [2.05, 4.69) is 15.0 Å². The number of aromatic amines is 1. The highest BCUT2D eigenvalue weighted by Crippen LogP contribution is 2.38. The van der Waals surface area contributed by atoms with Crippen LogP contribution in [0.4, 0.5) is 5.95 Å². The predicted octanol–water partition coefficient (Wildman–Crippen LogP) is -1.38. The normalized spacial score (nSPS) is 27.3. The quantitative estimate of drug-likeness (QED) is 0.520. The highest BCUT2D eigenvalue weighted by molar-refractivity contribution is 5.70. The van der Waals surface area contributed by atoms with Gasteiger partial charge in [0.1, 0.15) is 0 Å². The number of hydrogen-bond donors (Lipinski definition) is 4. The lowest BCUT2D eigenvalue weighted by Crippen LogP contribution is -2.45. The van der Waals surface area contributed by atoms with Gasteiger partial charge in [-0.3, -0.25) is 9.78 Å². The molecule has 3 atom stereocenters. The Kier molecular flexibility index (Phi) is 2.35. The molecule has 3 unspecified atom stereocenters. The highest BCUT2D eigenvalue weighted by atomic mass is 16.3. The van der Waals surface area contributed by atoms with E-state index in [1.165, 1.54) is 6.33 Å². The van der Waals surface area contributed by atoms with Crippen molar-refractivity contribution in [2.24, 2.45) is 5.92 Å². The summed E-state index contributed by atoms with van der Waals surface area (Å²) in [6.45, 7) is -0.0551. The fourth-order valence-electron chi connectivity index (χ4n) is 2.35. The number of nitrogens with one attached hydrogen (secondary N) is 1. The average molecular weight is 251 g/mol. The number of imidazole rings is 1. The van der Waals surface area contributed by atoms with Gasteiger partial charge in [0.25, 0.3) is 5.56 Å². The maximum Gasteiger partial charge on any atom is 0.280 e. The first-order valence-corrected chi connectivity index (χ1v) is 5.63. The van der Waals surface area contributed by atoms with Crippen molar-refractivity contribution in [3.05, 3.63) is 16.7 Å². The van der Waals surface area contributed by atoms with Crippen LogP contribution < -0.4 is 11.3 Å². The fourth-order valence-corrected chi connectivity index (χ4v) is 2.35. The number of nitrogen functional groups attached to an aromatic ring is 1. The summed E-state index contributed by atoms with van der Waals surface area (Å²) >= 11 is 0. The minimum absolute atomic E-state index is 0.0155. The first-order chi connectivity index (χ1) is 8.61. The van der Waals surface area contributed by atoms with Crippen LogP contribution in [-0.2, 0) is 0 Å². The Labute approximate surface area is 101 Å². The summed E-state index contributed by atoms with van der Waals surface area (Å²) < 4.78 is 1.64. The molecular weight excluding hydrogens is 238 g/mol. The number of rotatable bonds is 2. The molecule has 0 aromatic carbocycles. The van der Waals surface area contributed by atoms with Gasteiger partial charge in [-0.15, -0.1) is 0 Å². The van der Waals surface area contributed by atoms with Gasteiger partial charge < -0.3 is 20.5 Å². The van der Waals surface area contributed by atoms with E-state index in [-0.39, 0.29) is 30.0 Å². The van der Waals surface area contributed by atoms with E-state index in [9.17, 15) is 9.90 Å². The minimum atomic E-state index is -0.658. The van der Waals surface area contributed by atoms with Crippen molar-refractivity contribution in [3.63, 3.8) is 0 Å². The van der Waals surface area contributed by atoms with Crippen LogP contribution in [0.15, 0.2) is 11.1 Å². The zero-order chi connectivity index (χ0) is 12.9. The van der Waals surface area contributed by atoms with Gasteiger partial charge in [-0.2, -0.15) is 4.98 Å². The number of aliphatic hydroxyl groups is 2. The Bertz CT molecular complexity index is 648. The third-order valence-corrected chi connectivity index (χ3v) is 3.46. The van der Waals surface area contributed by atoms with Crippen molar-refractivity contribution in [1.82, 2.24) is 19.5 Å². The van der Waals surface area contributed by atoms with Crippen molar-refractivity contribution in [2.75, 3.05) is 12.3 Å². The second kappa shape index (κ2) is 3.79. The van der Waals surface area contributed by atoms with Crippen molar-refractivity contribution in [3.8, 4) is 0 Å². The van der Waals surface area contributed by atoms with Crippen LogP contribution in [-0.4, -0.2) is 42.4 Å². The fraction of sp³-hybridized carbons (Fsp3) is 0.500. The van der Waals surface area contributed by atoms with Gasteiger partial charge in [0.2, 0.25) is 5.95 Å². The first-order valence-electron chi connectivity index (χ1n) is 5.63. The molecule has 1 aliphatic carbocycles. The Balaban J connectivity index is 2.06. The summed E-state index contributed by atoms with van der Waals surface area (Å²) in [5, 5.41) is 18.9. The maximum absolute atomic E-state index is 11.6. The van der Waals surface area contributed by atoms with Crippen LogP contribution in [0.5, 0.6) is 0 Å². The molecule has 96 valence electrons. The van der Waals surface area contributed by atoms with Gasteiger partial charge in [0.05, 0.1) is 18.5 Å². The number of H-pyrrole nitrogens is 1. The number of nitrogens with two attached hydrogens (primary N) is 1.